The summed E-state index contributed by atoms with van der Waals surface area (Å²) in [6.45, 7) is 0. The maximum atomic E-state index is 12.5. The Hall–Kier alpha value is -2.04. The number of hydrogen-bond acceptors (Lipinski definition) is 3. The number of rotatable bonds is 4. The zero-order chi connectivity index (χ0) is 17.6. The molecule has 4 N–H and O–H groups in total. The maximum absolute atomic E-state index is 12.5. The normalized spacial score (nSPS) is 19.4. The fourth-order valence-corrected chi connectivity index (χ4v) is 3.95. The van der Waals surface area contributed by atoms with Gasteiger partial charge < -0.3 is 16.4 Å². The molecule has 0 radical (unpaired) electrons. The quantitative estimate of drug-likeness (QED) is 0.733. The molecule has 2 fully saturated rings. The summed E-state index contributed by atoms with van der Waals surface area (Å²) in [4.78, 5) is 25.1. The van der Waals surface area contributed by atoms with Crippen LogP contribution in [0.3, 0.4) is 0 Å². The Kier molecular flexibility index (Phi) is 5.95. The van der Waals surface area contributed by atoms with E-state index in [4.69, 9.17) is 5.73 Å². The molecule has 2 amide bonds. The van der Waals surface area contributed by atoms with Crippen molar-refractivity contribution in [3.8, 4) is 0 Å². The first-order valence-corrected chi connectivity index (χ1v) is 9.64. The summed E-state index contributed by atoms with van der Waals surface area (Å²) in [5.41, 5.74) is 7.33. The zero-order valence-electron chi connectivity index (χ0n) is 14.9. The van der Waals surface area contributed by atoms with Crippen molar-refractivity contribution in [3.05, 3.63) is 29.3 Å². The molecule has 1 aromatic carbocycles. The van der Waals surface area contributed by atoms with Gasteiger partial charge in [0.2, 0.25) is 0 Å². The molecule has 3 rings (SSSR count). The predicted molar refractivity (Wildman–Crippen MR) is 99.5 cm³/mol. The second-order valence-electron chi connectivity index (χ2n) is 7.46. The standard InChI is InChI=1S/C20H29N3O2/c21-16-12-14(19(24)22-17-7-3-1-4-8-17)11-15(13-16)20(25)23-18-9-5-2-6-10-18/h11-13,17-18H,1-10,21H2,(H,22,24)(H,23,25). The van der Waals surface area contributed by atoms with E-state index in [-0.39, 0.29) is 23.9 Å². The van der Waals surface area contributed by atoms with Crippen molar-refractivity contribution in [2.75, 3.05) is 5.73 Å². The Morgan fingerprint density at radius 1 is 0.720 bits per heavy atom. The maximum Gasteiger partial charge on any atom is 0.251 e. The van der Waals surface area contributed by atoms with Gasteiger partial charge in [-0.05, 0) is 43.9 Å². The van der Waals surface area contributed by atoms with Crippen LogP contribution in [0, 0.1) is 0 Å². The van der Waals surface area contributed by atoms with Crippen molar-refractivity contribution < 1.29 is 9.59 Å². The third kappa shape index (κ3) is 4.97. The number of carbonyl (C=O) groups excluding carboxylic acids is 2. The Balaban J connectivity index is 1.66. The van der Waals surface area contributed by atoms with E-state index in [9.17, 15) is 9.59 Å². The van der Waals surface area contributed by atoms with Gasteiger partial charge in [-0.2, -0.15) is 0 Å². The molecule has 5 nitrogen and oxygen atoms in total. The molecule has 2 saturated carbocycles. The Morgan fingerprint density at radius 2 is 1.12 bits per heavy atom. The van der Waals surface area contributed by atoms with Crippen molar-refractivity contribution in [1.82, 2.24) is 10.6 Å². The van der Waals surface area contributed by atoms with Crippen LogP contribution in [-0.2, 0) is 0 Å². The number of nitrogens with one attached hydrogen (secondary N) is 2. The highest BCUT2D eigenvalue weighted by atomic mass is 16.2. The fourth-order valence-electron chi connectivity index (χ4n) is 3.95. The van der Waals surface area contributed by atoms with Crippen molar-refractivity contribution in [3.63, 3.8) is 0 Å². The van der Waals surface area contributed by atoms with Crippen molar-refractivity contribution in [2.45, 2.75) is 76.3 Å². The highest BCUT2D eigenvalue weighted by Crippen LogP contribution is 2.20. The number of carbonyl (C=O) groups is 2. The molecule has 2 aliphatic carbocycles. The predicted octanol–water partition coefficient (Wildman–Crippen LogP) is 3.39. The molecular weight excluding hydrogens is 314 g/mol. The van der Waals surface area contributed by atoms with E-state index in [1.807, 2.05) is 0 Å². The molecule has 0 saturated heterocycles. The Morgan fingerprint density at radius 3 is 1.52 bits per heavy atom. The van der Waals surface area contributed by atoms with Gasteiger partial charge in [0.25, 0.3) is 11.8 Å². The first kappa shape index (κ1) is 17.8. The number of anilines is 1. The van der Waals surface area contributed by atoms with Gasteiger partial charge in [-0.15, -0.1) is 0 Å². The number of nitrogens with two attached hydrogens (primary N) is 1. The van der Waals surface area contributed by atoms with E-state index >= 15 is 0 Å². The lowest BCUT2D eigenvalue weighted by Gasteiger charge is -2.23. The monoisotopic (exact) mass is 343 g/mol. The summed E-state index contributed by atoms with van der Waals surface area (Å²) in [6, 6.07) is 5.43. The average molecular weight is 343 g/mol. The van der Waals surface area contributed by atoms with Gasteiger partial charge in [-0.3, -0.25) is 9.59 Å². The topological polar surface area (TPSA) is 84.2 Å². The molecule has 0 aliphatic heterocycles. The minimum atomic E-state index is -0.133. The first-order chi connectivity index (χ1) is 12.1. The van der Waals surface area contributed by atoms with Crippen LogP contribution in [0.25, 0.3) is 0 Å². The van der Waals surface area contributed by atoms with E-state index in [0.29, 0.717) is 16.8 Å². The molecule has 0 spiro atoms. The summed E-state index contributed by atoms with van der Waals surface area (Å²) in [5, 5.41) is 6.17. The largest absolute Gasteiger partial charge is 0.399 e. The van der Waals surface area contributed by atoms with Gasteiger partial charge in [-0.25, -0.2) is 0 Å². The number of amides is 2. The van der Waals surface area contributed by atoms with Crippen molar-refractivity contribution in [2.24, 2.45) is 0 Å². The first-order valence-electron chi connectivity index (χ1n) is 9.64. The lowest BCUT2D eigenvalue weighted by molar-refractivity contribution is 0.0927. The number of benzene rings is 1. The fraction of sp³-hybridized carbons (Fsp3) is 0.600. The summed E-state index contributed by atoms with van der Waals surface area (Å²) >= 11 is 0. The smallest absolute Gasteiger partial charge is 0.251 e. The van der Waals surface area contributed by atoms with Crippen LogP contribution in [0.2, 0.25) is 0 Å². The summed E-state index contributed by atoms with van der Waals surface area (Å²) in [7, 11) is 0. The summed E-state index contributed by atoms with van der Waals surface area (Å²) in [6.07, 6.45) is 11.3. The molecule has 1 aromatic rings. The van der Waals surface area contributed by atoms with E-state index in [2.05, 4.69) is 10.6 Å². The number of hydrogen-bond donors (Lipinski definition) is 3. The molecule has 2 aliphatic rings. The highest BCUT2D eigenvalue weighted by Gasteiger charge is 2.20. The third-order valence-electron chi connectivity index (χ3n) is 5.36. The molecule has 0 aromatic heterocycles. The van der Waals surface area contributed by atoms with E-state index in [1.165, 1.54) is 12.8 Å². The van der Waals surface area contributed by atoms with Gasteiger partial charge >= 0.3 is 0 Å². The lowest BCUT2D eigenvalue weighted by Crippen LogP contribution is -2.37. The zero-order valence-corrected chi connectivity index (χ0v) is 14.9. The molecule has 0 heterocycles. The summed E-state index contributed by atoms with van der Waals surface area (Å²) < 4.78 is 0. The third-order valence-corrected chi connectivity index (χ3v) is 5.36. The molecule has 0 atom stereocenters. The summed E-state index contributed by atoms with van der Waals surface area (Å²) in [5.74, 6) is -0.267. The van der Waals surface area contributed by atoms with Crippen LogP contribution in [0.15, 0.2) is 18.2 Å². The van der Waals surface area contributed by atoms with Gasteiger partial charge in [0.1, 0.15) is 0 Å². The van der Waals surface area contributed by atoms with Crippen LogP contribution < -0.4 is 16.4 Å². The van der Waals surface area contributed by atoms with E-state index in [0.717, 1.165) is 51.4 Å². The molecule has 5 heteroatoms. The van der Waals surface area contributed by atoms with E-state index < -0.39 is 0 Å². The molecular formula is C20H29N3O2. The second-order valence-corrected chi connectivity index (χ2v) is 7.46. The average Bonchev–Trinajstić information content (AvgIpc) is 2.63. The van der Waals surface area contributed by atoms with Gasteiger partial charge in [0.05, 0.1) is 0 Å². The Labute approximate surface area is 149 Å². The Bertz CT molecular complexity index is 567. The van der Waals surface area contributed by atoms with Gasteiger partial charge in [0, 0.05) is 28.9 Å². The SMILES string of the molecule is Nc1cc(C(=O)NC2CCCCC2)cc(C(=O)NC2CCCCC2)c1. The van der Waals surface area contributed by atoms with Gasteiger partial charge in [0.15, 0.2) is 0 Å². The van der Waals surface area contributed by atoms with Crippen molar-refractivity contribution in [1.29, 1.82) is 0 Å². The minimum absolute atomic E-state index is 0.133. The van der Waals surface area contributed by atoms with Crippen LogP contribution in [0.1, 0.15) is 84.9 Å². The molecule has 136 valence electrons. The number of nitrogen functional groups attached to an aromatic ring is 1. The highest BCUT2D eigenvalue weighted by molar-refractivity contribution is 6.01. The van der Waals surface area contributed by atoms with Crippen LogP contribution in [-0.4, -0.2) is 23.9 Å². The van der Waals surface area contributed by atoms with Crippen LogP contribution >= 0.6 is 0 Å². The van der Waals surface area contributed by atoms with Crippen molar-refractivity contribution >= 4 is 17.5 Å². The van der Waals surface area contributed by atoms with Gasteiger partial charge in [-0.1, -0.05) is 38.5 Å². The van der Waals surface area contributed by atoms with E-state index in [1.54, 1.807) is 18.2 Å². The minimum Gasteiger partial charge on any atom is -0.399 e. The molecule has 25 heavy (non-hydrogen) atoms. The lowest BCUT2D eigenvalue weighted by atomic mass is 9.95. The second kappa shape index (κ2) is 8.37. The molecule has 0 unspecified atom stereocenters. The van der Waals surface area contributed by atoms with Crippen LogP contribution in [0.4, 0.5) is 5.69 Å². The molecule has 0 bridgehead atoms. The van der Waals surface area contributed by atoms with Crippen LogP contribution in [0.5, 0.6) is 0 Å².